The minimum absolute atomic E-state index is 0.355. The van der Waals surface area contributed by atoms with Crippen molar-refractivity contribution in [2.24, 2.45) is 5.73 Å². The van der Waals surface area contributed by atoms with Crippen LogP contribution in [0.3, 0.4) is 0 Å². The monoisotopic (exact) mass is 250 g/mol. The Balaban J connectivity index is 2.04. The summed E-state index contributed by atoms with van der Waals surface area (Å²) in [6.45, 7) is 1.81. The van der Waals surface area contributed by atoms with Crippen molar-refractivity contribution in [3.63, 3.8) is 0 Å². The summed E-state index contributed by atoms with van der Waals surface area (Å²) in [6, 6.07) is 8.01. The maximum atomic E-state index is 5.63. The average molecular weight is 250 g/mol. The molecule has 0 amide bonds. The number of hydrogen-bond acceptors (Lipinski definition) is 3. The zero-order chi connectivity index (χ0) is 12.3. The quantitative estimate of drug-likeness (QED) is 0.829. The summed E-state index contributed by atoms with van der Waals surface area (Å²) in [6.07, 6.45) is 2.68. The van der Waals surface area contributed by atoms with E-state index in [4.69, 9.17) is 22.7 Å². The van der Waals surface area contributed by atoms with E-state index < -0.39 is 0 Å². The number of hydrogen-bond donors (Lipinski definition) is 1. The molecular formula is C13H18N2OS. The fourth-order valence-electron chi connectivity index (χ4n) is 2.10. The first-order chi connectivity index (χ1) is 8.16. The van der Waals surface area contributed by atoms with Gasteiger partial charge >= 0.3 is 0 Å². The van der Waals surface area contributed by atoms with E-state index >= 15 is 0 Å². The molecule has 0 bridgehead atoms. The fraction of sp³-hybridized carbons (Fsp3) is 0.462. The third-order valence-electron chi connectivity index (χ3n) is 3.07. The molecular weight excluding hydrogens is 232 g/mol. The standard InChI is InChI=1S/C13H18N2OS/c1-15(9-12-6-3-7-16-12)11-5-2-4-10(8-11)13(14)17/h2,4-5,8,12H,3,6-7,9H2,1H3,(H2,14,17). The molecule has 0 saturated carbocycles. The number of likely N-dealkylation sites (N-methyl/N-ethyl adjacent to an activating group) is 1. The molecule has 92 valence electrons. The van der Waals surface area contributed by atoms with Crippen LogP contribution in [-0.4, -0.2) is 31.3 Å². The number of thiocarbonyl (C=S) groups is 1. The van der Waals surface area contributed by atoms with Gasteiger partial charge in [-0.1, -0.05) is 24.4 Å². The lowest BCUT2D eigenvalue weighted by Crippen LogP contribution is -2.28. The third-order valence-corrected chi connectivity index (χ3v) is 3.31. The van der Waals surface area contributed by atoms with E-state index in [1.54, 1.807) is 0 Å². The van der Waals surface area contributed by atoms with Crippen molar-refractivity contribution < 1.29 is 4.74 Å². The molecule has 0 spiro atoms. The van der Waals surface area contributed by atoms with Gasteiger partial charge in [0, 0.05) is 31.5 Å². The van der Waals surface area contributed by atoms with Gasteiger partial charge in [-0.15, -0.1) is 0 Å². The van der Waals surface area contributed by atoms with Gasteiger partial charge in [0.25, 0.3) is 0 Å². The van der Waals surface area contributed by atoms with Gasteiger partial charge in [0.1, 0.15) is 4.99 Å². The molecule has 0 aromatic heterocycles. The normalized spacial score (nSPS) is 19.2. The van der Waals surface area contributed by atoms with Crippen molar-refractivity contribution in [1.82, 2.24) is 0 Å². The molecule has 1 aromatic rings. The SMILES string of the molecule is CN(CC1CCCO1)c1cccc(C(N)=S)c1. The minimum atomic E-state index is 0.355. The fourth-order valence-corrected chi connectivity index (χ4v) is 2.22. The van der Waals surface area contributed by atoms with Crippen LogP contribution < -0.4 is 10.6 Å². The number of nitrogens with zero attached hydrogens (tertiary/aromatic N) is 1. The molecule has 3 nitrogen and oxygen atoms in total. The van der Waals surface area contributed by atoms with Crippen molar-refractivity contribution in [2.45, 2.75) is 18.9 Å². The predicted molar refractivity (Wildman–Crippen MR) is 74.6 cm³/mol. The summed E-state index contributed by atoms with van der Waals surface area (Å²) in [4.78, 5) is 2.63. The summed E-state index contributed by atoms with van der Waals surface area (Å²) < 4.78 is 5.63. The third kappa shape index (κ3) is 3.17. The van der Waals surface area contributed by atoms with E-state index in [9.17, 15) is 0 Å². The molecule has 2 rings (SSSR count). The highest BCUT2D eigenvalue weighted by Gasteiger charge is 2.17. The minimum Gasteiger partial charge on any atom is -0.389 e. The molecule has 4 heteroatoms. The maximum Gasteiger partial charge on any atom is 0.104 e. The van der Waals surface area contributed by atoms with Crippen LogP contribution in [0.25, 0.3) is 0 Å². The number of anilines is 1. The molecule has 1 atom stereocenters. The van der Waals surface area contributed by atoms with Gasteiger partial charge in [0.05, 0.1) is 6.10 Å². The first-order valence-electron chi connectivity index (χ1n) is 5.89. The summed E-state index contributed by atoms with van der Waals surface area (Å²) in [5.41, 5.74) is 7.68. The highest BCUT2D eigenvalue weighted by molar-refractivity contribution is 7.80. The lowest BCUT2D eigenvalue weighted by atomic mass is 10.1. The van der Waals surface area contributed by atoms with Gasteiger partial charge in [-0.3, -0.25) is 0 Å². The molecule has 1 aliphatic rings. The first kappa shape index (κ1) is 12.3. The van der Waals surface area contributed by atoms with Crippen LogP contribution in [0.1, 0.15) is 18.4 Å². The van der Waals surface area contributed by atoms with E-state index in [-0.39, 0.29) is 0 Å². The zero-order valence-electron chi connectivity index (χ0n) is 10.1. The van der Waals surface area contributed by atoms with Crippen molar-refractivity contribution in [3.8, 4) is 0 Å². The Kier molecular flexibility index (Phi) is 3.97. The van der Waals surface area contributed by atoms with Crippen LogP contribution in [0.5, 0.6) is 0 Å². The second-order valence-electron chi connectivity index (χ2n) is 4.43. The van der Waals surface area contributed by atoms with Gasteiger partial charge in [-0.2, -0.15) is 0 Å². The highest BCUT2D eigenvalue weighted by Crippen LogP contribution is 2.19. The van der Waals surface area contributed by atoms with E-state index in [0.29, 0.717) is 11.1 Å². The topological polar surface area (TPSA) is 38.5 Å². The summed E-state index contributed by atoms with van der Waals surface area (Å²) in [7, 11) is 2.07. The molecule has 0 aliphatic carbocycles. The van der Waals surface area contributed by atoms with Crippen LogP contribution >= 0.6 is 12.2 Å². The Labute approximate surface area is 108 Å². The zero-order valence-corrected chi connectivity index (χ0v) is 10.9. The number of rotatable bonds is 4. The van der Waals surface area contributed by atoms with E-state index in [0.717, 1.165) is 30.8 Å². The average Bonchev–Trinajstić information content (AvgIpc) is 2.82. The van der Waals surface area contributed by atoms with E-state index in [2.05, 4.69) is 18.0 Å². The summed E-state index contributed by atoms with van der Waals surface area (Å²) in [5.74, 6) is 0. The van der Waals surface area contributed by atoms with Crippen LogP contribution in [0, 0.1) is 0 Å². The Morgan fingerprint density at radius 1 is 1.59 bits per heavy atom. The number of nitrogens with two attached hydrogens (primary N) is 1. The smallest absolute Gasteiger partial charge is 0.104 e. The molecule has 17 heavy (non-hydrogen) atoms. The number of benzene rings is 1. The van der Waals surface area contributed by atoms with Crippen molar-refractivity contribution in [1.29, 1.82) is 0 Å². The Bertz CT molecular complexity index is 402. The highest BCUT2D eigenvalue weighted by atomic mass is 32.1. The second kappa shape index (κ2) is 5.47. The Hall–Kier alpha value is -1.13. The molecule has 1 fully saturated rings. The van der Waals surface area contributed by atoms with Gasteiger partial charge in [0.2, 0.25) is 0 Å². The van der Waals surface area contributed by atoms with Gasteiger partial charge in [-0.25, -0.2) is 0 Å². The van der Waals surface area contributed by atoms with Crippen LogP contribution in [0.2, 0.25) is 0 Å². The summed E-state index contributed by atoms with van der Waals surface area (Å²) in [5, 5.41) is 0. The Morgan fingerprint density at radius 2 is 2.41 bits per heavy atom. The van der Waals surface area contributed by atoms with Crippen LogP contribution in [0.15, 0.2) is 24.3 Å². The molecule has 1 saturated heterocycles. The van der Waals surface area contributed by atoms with Crippen molar-refractivity contribution in [3.05, 3.63) is 29.8 Å². The largest absolute Gasteiger partial charge is 0.389 e. The van der Waals surface area contributed by atoms with Crippen molar-refractivity contribution >= 4 is 22.9 Å². The van der Waals surface area contributed by atoms with E-state index in [1.165, 1.54) is 6.42 Å². The molecule has 0 radical (unpaired) electrons. The van der Waals surface area contributed by atoms with Gasteiger partial charge < -0.3 is 15.4 Å². The second-order valence-corrected chi connectivity index (χ2v) is 4.87. The van der Waals surface area contributed by atoms with Gasteiger partial charge in [-0.05, 0) is 25.0 Å². The number of ether oxygens (including phenoxy) is 1. The van der Waals surface area contributed by atoms with E-state index in [1.807, 2.05) is 18.2 Å². The Morgan fingerprint density at radius 3 is 3.06 bits per heavy atom. The molecule has 2 N–H and O–H groups in total. The first-order valence-corrected chi connectivity index (χ1v) is 6.30. The lowest BCUT2D eigenvalue weighted by Gasteiger charge is -2.23. The molecule has 1 aliphatic heterocycles. The lowest BCUT2D eigenvalue weighted by molar-refractivity contribution is 0.116. The molecule has 1 aromatic carbocycles. The van der Waals surface area contributed by atoms with Crippen molar-refractivity contribution in [2.75, 3.05) is 25.1 Å². The summed E-state index contributed by atoms with van der Waals surface area (Å²) >= 11 is 4.99. The predicted octanol–water partition coefficient (Wildman–Crippen LogP) is 1.94. The molecule has 1 unspecified atom stereocenters. The van der Waals surface area contributed by atoms with Crippen LogP contribution in [-0.2, 0) is 4.74 Å². The van der Waals surface area contributed by atoms with Gasteiger partial charge in [0.15, 0.2) is 0 Å². The molecule has 1 heterocycles. The van der Waals surface area contributed by atoms with Crippen LogP contribution in [0.4, 0.5) is 5.69 Å². The maximum absolute atomic E-state index is 5.63.